The van der Waals surface area contributed by atoms with Crippen LogP contribution in [0.1, 0.15) is 23.7 Å². The molecule has 0 aliphatic carbocycles. The summed E-state index contributed by atoms with van der Waals surface area (Å²) in [7, 11) is 3.27. The van der Waals surface area contributed by atoms with E-state index in [2.05, 4.69) is 11.8 Å². The monoisotopic (exact) mass is 501 g/mol. The Balaban J connectivity index is 1.68. The summed E-state index contributed by atoms with van der Waals surface area (Å²) >= 11 is 3.14. The lowest BCUT2D eigenvalue weighted by Gasteiger charge is -2.28. The van der Waals surface area contributed by atoms with Crippen LogP contribution in [0.15, 0.2) is 41.3 Å². The SMILES string of the molecule is CCSc1ccccc1C(=O)N(CCCN1CCOCC1)c1nc2c(OC)ccc(OC)c2s1. The third kappa shape index (κ3) is 5.49. The lowest BCUT2D eigenvalue weighted by atomic mass is 10.2. The fourth-order valence-corrected chi connectivity index (χ4v) is 5.92. The first-order valence-corrected chi connectivity index (χ1v) is 13.3. The van der Waals surface area contributed by atoms with Crippen molar-refractivity contribution in [2.75, 3.05) is 64.3 Å². The Hall–Kier alpha value is -2.33. The maximum atomic E-state index is 13.9. The molecule has 182 valence electrons. The number of aromatic nitrogens is 1. The molecule has 0 saturated carbocycles. The number of thioether (sulfide) groups is 1. The van der Waals surface area contributed by atoms with E-state index in [9.17, 15) is 4.79 Å². The van der Waals surface area contributed by atoms with Crippen molar-refractivity contribution in [1.82, 2.24) is 9.88 Å². The van der Waals surface area contributed by atoms with Crippen molar-refractivity contribution in [3.63, 3.8) is 0 Å². The molecule has 2 aromatic carbocycles. The number of hydrogen-bond acceptors (Lipinski definition) is 8. The van der Waals surface area contributed by atoms with Crippen molar-refractivity contribution < 1.29 is 19.0 Å². The van der Waals surface area contributed by atoms with Gasteiger partial charge in [0.25, 0.3) is 5.91 Å². The number of rotatable bonds is 10. The predicted octanol–water partition coefficient (Wildman–Crippen LogP) is 4.79. The Morgan fingerprint density at radius 3 is 2.62 bits per heavy atom. The first-order valence-electron chi connectivity index (χ1n) is 11.5. The first-order chi connectivity index (χ1) is 16.7. The van der Waals surface area contributed by atoms with E-state index in [1.807, 2.05) is 41.3 Å². The second-order valence-corrected chi connectivity index (χ2v) is 10.1. The molecule has 1 aliphatic heterocycles. The fourth-order valence-electron chi connectivity index (χ4n) is 4.02. The van der Waals surface area contributed by atoms with Crippen LogP contribution in [-0.4, -0.2) is 75.2 Å². The molecule has 7 nitrogen and oxygen atoms in total. The van der Waals surface area contributed by atoms with Gasteiger partial charge in [-0.25, -0.2) is 4.98 Å². The lowest BCUT2D eigenvalue weighted by molar-refractivity contribution is 0.0376. The lowest BCUT2D eigenvalue weighted by Crippen LogP contribution is -2.39. The zero-order valence-corrected chi connectivity index (χ0v) is 21.5. The highest BCUT2D eigenvalue weighted by Crippen LogP contribution is 2.40. The van der Waals surface area contributed by atoms with Crippen LogP contribution < -0.4 is 14.4 Å². The molecule has 0 N–H and O–H groups in total. The van der Waals surface area contributed by atoms with Crippen molar-refractivity contribution in [2.45, 2.75) is 18.2 Å². The van der Waals surface area contributed by atoms with Crippen LogP contribution in [0.2, 0.25) is 0 Å². The number of hydrogen-bond donors (Lipinski definition) is 0. The number of fused-ring (bicyclic) bond motifs is 1. The fraction of sp³-hybridized carbons (Fsp3) is 0.440. The standard InChI is InChI=1S/C25H31N3O4S2/c1-4-33-21-9-6-5-8-18(21)24(29)28(13-7-12-27-14-16-32-17-15-27)25-26-22-19(30-2)10-11-20(31-3)23(22)34-25/h5-6,8-11H,4,7,12-17H2,1-3H3. The van der Waals surface area contributed by atoms with Gasteiger partial charge in [0.15, 0.2) is 5.13 Å². The van der Waals surface area contributed by atoms with E-state index in [4.69, 9.17) is 19.2 Å². The molecule has 2 heterocycles. The summed E-state index contributed by atoms with van der Waals surface area (Å²) < 4.78 is 17.4. The summed E-state index contributed by atoms with van der Waals surface area (Å²) in [6.07, 6.45) is 0.846. The Morgan fingerprint density at radius 1 is 1.15 bits per heavy atom. The molecule has 9 heteroatoms. The van der Waals surface area contributed by atoms with E-state index in [0.717, 1.165) is 60.4 Å². The highest BCUT2D eigenvalue weighted by Gasteiger charge is 2.25. The minimum absolute atomic E-state index is 0.0319. The number of amides is 1. The van der Waals surface area contributed by atoms with Gasteiger partial charge < -0.3 is 14.2 Å². The minimum atomic E-state index is -0.0319. The minimum Gasteiger partial charge on any atom is -0.495 e. The molecule has 1 aromatic heterocycles. The van der Waals surface area contributed by atoms with E-state index in [0.29, 0.717) is 28.5 Å². The number of carbonyl (C=O) groups is 1. The van der Waals surface area contributed by atoms with Crippen LogP contribution in [0.4, 0.5) is 5.13 Å². The highest BCUT2D eigenvalue weighted by molar-refractivity contribution is 7.99. The van der Waals surface area contributed by atoms with Gasteiger partial charge in [0.05, 0.1) is 33.0 Å². The summed E-state index contributed by atoms with van der Waals surface area (Å²) in [5, 5.41) is 0.654. The topological polar surface area (TPSA) is 64.1 Å². The van der Waals surface area contributed by atoms with Gasteiger partial charge in [-0.05, 0) is 36.4 Å². The van der Waals surface area contributed by atoms with E-state index in [1.165, 1.54) is 11.3 Å². The number of carbonyl (C=O) groups excluding carboxylic acids is 1. The van der Waals surface area contributed by atoms with Crippen LogP contribution >= 0.6 is 23.1 Å². The quantitative estimate of drug-likeness (QED) is 0.370. The molecule has 0 atom stereocenters. The molecule has 0 radical (unpaired) electrons. The first kappa shape index (κ1) is 24.8. The molecule has 1 amide bonds. The molecule has 1 aliphatic rings. The highest BCUT2D eigenvalue weighted by atomic mass is 32.2. The van der Waals surface area contributed by atoms with Crippen LogP contribution in [0.5, 0.6) is 11.5 Å². The number of anilines is 1. The predicted molar refractivity (Wildman–Crippen MR) is 139 cm³/mol. The normalized spacial score (nSPS) is 14.3. The Labute approximate surface area is 209 Å². The van der Waals surface area contributed by atoms with Crippen molar-refractivity contribution in [1.29, 1.82) is 0 Å². The van der Waals surface area contributed by atoms with Crippen molar-refractivity contribution in [2.24, 2.45) is 0 Å². The smallest absolute Gasteiger partial charge is 0.261 e. The van der Waals surface area contributed by atoms with Gasteiger partial charge in [0, 0.05) is 31.1 Å². The second kappa shape index (κ2) is 11.9. The molecular formula is C25H31N3O4S2. The van der Waals surface area contributed by atoms with Crippen molar-refractivity contribution >= 4 is 44.4 Å². The molecule has 0 unspecified atom stereocenters. The summed E-state index contributed by atoms with van der Waals surface area (Å²) in [5.41, 5.74) is 1.42. The molecular weight excluding hydrogens is 470 g/mol. The summed E-state index contributed by atoms with van der Waals surface area (Å²) in [5.74, 6) is 2.26. The molecule has 34 heavy (non-hydrogen) atoms. The maximum Gasteiger partial charge on any atom is 0.261 e. The zero-order chi connectivity index (χ0) is 23.9. The van der Waals surface area contributed by atoms with E-state index < -0.39 is 0 Å². The number of morpholine rings is 1. The molecule has 4 rings (SSSR count). The number of ether oxygens (including phenoxy) is 3. The second-order valence-electron chi connectivity index (χ2n) is 7.84. The largest absolute Gasteiger partial charge is 0.495 e. The van der Waals surface area contributed by atoms with Crippen LogP contribution in [0.3, 0.4) is 0 Å². The van der Waals surface area contributed by atoms with Crippen molar-refractivity contribution in [3.8, 4) is 11.5 Å². The average molecular weight is 502 g/mol. The summed E-state index contributed by atoms with van der Waals surface area (Å²) in [6, 6.07) is 11.5. The van der Waals surface area contributed by atoms with Gasteiger partial charge >= 0.3 is 0 Å². The Morgan fingerprint density at radius 2 is 1.88 bits per heavy atom. The maximum absolute atomic E-state index is 13.9. The van der Waals surface area contributed by atoms with Gasteiger partial charge in [-0.1, -0.05) is 30.4 Å². The van der Waals surface area contributed by atoms with Crippen LogP contribution in [0.25, 0.3) is 10.2 Å². The van der Waals surface area contributed by atoms with Gasteiger partial charge in [0.1, 0.15) is 21.7 Å². The van der Waals surface area contributed by atoms with Gasteiger partial charge in [-0.2, -0.15) is 0 Å². The summed E-state index contributed by atoms with van der Waals surface area (Å²) in [4.78, 5) is 23.9. The van der Waals surface area contributed by atoms with Crippen LogP contribution in [-0.2, 0) is 4.74 Å². The van der Waals surface area contributed by atoms with Crippen molar-refractivity contribution in [3.05, 3.63) is 42.0 Å². The number of methoxy groups -OCH3 is 2. The van der Waals surface area contributed by atoms with E-state index in [-0.39, 0.29) is 5.91 Å². The molecule has 0 spiro atoms. The van der Waals surface area contributed by atoms with Gasteiger partial charge in [-0.15, -0.1) is 11.8 Å². The number of thiazole rings is 1. The average Bonchev–Trinajstić information content (AvgIpc) is 3.32. The molecule has 1 fully saturated rings. The number of benzene rings is 2. The Kier molecular flexibility index (Phi) is 8.66. The molecule has 0 bridgehead atoms. The molecule has 1 saturated heterocycles. The molecule has 3 aromatic rings. The Bertz CT molecular complexity index is 1070. The van der Waals surface area contributed by atoms with E-state index in [1.54, 1.807) is 26.0 Å². The third-order valence-electron chi connectivity index (χ3n) is 5.75. The number of nitrogens with zero attached hydrogens (tertiary/aromatic N) is 3. The van der Waals surface area contributed by atoms with Crippen LogP contribution in [0, 0.1) is 0 Å². The van der Waals surface area contributed by atoms with Gasteiger partial charge in [0.2, 0.25) is 0 Å². The summed E-state index contributed by atoms with van der Waals surface area (Å²) in [6.45, 7) is 6.97. The van der Waals surface area contributed by atoms with E-state index >= 15 is 0 Å². The van der Waals surface area contributed by atoms with Gasteiger partial charge in [-0.3, -0.25) is 14.6 Å². The third-order valence-corrected chi connectivity index (χ3v) is 7.80. The zero-order valence-electron chi connectivity index (χ0n) is 19.9.